The zero-order valence-corrected chi connectivity index (χ0v) is 12.0. The molecular formula is C13H20ClN3O2. The molecule has 0 saturated heterocycles. The number of nitrogens with zero attached hydrogens (tertiary/aromatic N) is 1. The molecule has 0 fully saturated rings. The van der Waals surface area contributed by atoms with Crippen molar-refractivity contribution >= 4 is 18.3 Å². The molecule has 1 amide bonds. The molecule has 5 nitrogen and oxygen atoms in total. The first-order valence-corrected chi connectivity index (χ1v) is 6.27. The molecule has 0 bridgehead atoms. The van der Waals surface area contributed by atoms with Gasteiger partial charge in [-0.3, -0.25) is 10.1 Å². The maximum absolute atomic E-state index is 11.7. The highest BCUT2D eigenvalue weighted by Crippen LogP contribution is 2.09. The summed E-state index contributed by atoms with van der Waals surface area (Å²) in [6.45, 7) is 5.40. The third-order valence-corrected chi connectivity index (χ3v) is 2.73. The van der Waals surface area contributed by atoms with Crippen molar-refractivity contribution in [1.29, 1.82) is 0 Å². The Balaban J connectivity index is 0.00000180. The minimum Gasteiger partial charge on any atom is -0.359 e. The number of nitrogens with one attached hydrogen (secondary N) is 2. The molecular weight excluding hydrogens is 266 g/mol. The van der Waals surface area contributed by atoms with E-state index in [0.29, 0.717) is 18.2 Å². The van der Waals surface area contributed by atoms with Crippen molar-refractivity contribution < 1.29 is 9.32 Å². The van der Waals surface area contributed by atoms with Crippen molar-refractivity contribution in [2.24, 2.45) is 5.92 Å². The van der Waals surface area contributed by atoms with E-state index in [2.05, 4.69) is 29.6 Å². The second-order valence-corrected chi connectivity index (χ2v) is 4.91. The molecule has 2 N–H and O–H groups in total. The summed E-state index contributed by atoms with van der Waals surface area (Å²) in [6.07, 6.45) is 4.70. The van der Waals surface area contributed by atoms with Crippen LogP contribution >= 0.6 is 12.4 Å². The van der Waals surface area contributed by atoms with Gasteiger partial charge in [0.2, 0.25) is 5.91 Å². The fourth-order valence-corrected chi connectivity index (χ4v) is 1.89. The van der Waals surface area contributed by atoms with Crippen LogP contribution in [0, 0.1) is 5.92 Å². The number of carbonyl (C=O) groups excluding carboxylic acids is 1. The van der Waals surface area contributed by atoms with Crippen molar-refractivity contribution in [2.75, 3.05) is 6.54 Å². The van der Waals surface area contributed by atoms with E-state index in [4.69, 9.17) is 4.52 Å². The number of carbonyl (C=O) groups is 1. The van der Waals surface area contributed by atoms with Gasteiger partial charge in [0.1, 0.15) is 6.04 Å². The number of hydrogen-bond donors (Lipinski definition) is 2. The van der Waals surface area contributed by atoms with Gasteiger partial charge in [0.05, 0.1) is 12.2 Å². The van der Waals surface area contributed by atoms with Crippen molar-refractivity contribution in [2.45, 2.75) is 32.9 Å². The molecule has 1 atom stereocenters. The van der Waals surface area contributed by atoms with Gasteiger partial charge in [0.15, 0.2) is 5.76 Å². The summed E-state index contributed by atoms with van der Waals surface area (Å²) in [6, 6.07) is 1.68. The third-order valence-electron chi connectivity index (χ3n) is 2.73. The number of halogens is 1. The molecule has 106 valence electrons. The average molecular weight is 286 g/mol. The molecule has 1 aliphatic heterocycles. The molecule has 1 unspecified atom stereocenters. The first-order valence-electron chi connectivity index (χ1n) is 6.27. The smallest absolute Gasteiger partial charge is 0.241 e. The van der Waals surface area contributed by atoms with E-state index in [1.165, 1.54) is 0 Å². The Morgan fingerprint density at radius 1 is 1.63 bits per heavy atom. The molecule has 0 spiro atoms. The number of hydrogen-bond acceptors (Lipinski definition) is 4. The average Bonchev–Trinajstić information content (AvgIpc) is 2.95. The Kier molecular flexibility index (Phi) is 6.05. The number of rotatable bonds is 5. The zero-order valence-electron chi connectivity index (χ0n) is 11.2. The van der Waals surface area contributed by atoms with Crippen LogP contribution in [0.3, 0.4) is 0 Å². The third kappa shape index (κ3) is 4.69. The van der Waals surface area contributed by atoms with Crippen molar-refractivity contribution in [3.63, 3.8) is 0 Å². The molecule has 0 saturated carbocycles. The molecule has 1 aliphatic rings. The van der Waals surface area contributed by atoms with Crippen LogP contribution in [-0.4, -0.2) is 23.7 Å². The lowest BCUT2D eigenvalue weighted by molar-refractivity contribution is -0.122. The Labute approximate surface area is 119 Å². The molecule has 1 aromatic heterocycles. The molecule has 19 heavy (non-hydrogen) atoms. The van der Waals surface area contributed by atoms with Crippen LogP contribution in [0.4, 0.5) is 0 Å². The quantitative estimate of drug-likeness (QED) is 0.804. The van der Waals surface area contributed by atoms with Gasteiger partial charge in [-0.25, -0.2) is 0 Å². The highest BCUT2D eigenvalue weighted by atomic mass is 35.5. The summed E-state index contributed by atoms with van der Waals surface area (Å²) < 4.78 is 5.18. The van der Waals surface area contributed by atoms with E-state index in [9.17, 15) is 4.79 Å². The van der Waals surface area contributed by atoms with Gasteiger partial charge < -0.3 is 9.84 Å². The fraction of sp³-hybridized carbons (Fsp3) is 0.538. The molecule has 0 aromatic carbocycles. The predicted molar refractivity (Wildman–Crippen MR) is 75.1 cm³/mol. The summed E-state index contributed by atoms with van der Waals surface area (Å²) in [5.74, 6) is 1.21. The highest BCUT2D eigenvalue weighted by Gasteiger charge is 2.17. The van der Waals surface area contributed by atoms with Gasteiger partial charge in [0.25, 0.3) is 0 Å². The Hall–Kier alpha value is -1.33. The van der Waals surface area contributed by atoms with Crippen molar-refractivity contribution in [1.82, 2.24) is 15.8 Å². The molecule has 6 heteroatoms. The van der Waals surface area contributed by atoms with Crippen molar-refractivity contribution in [3.05, 3.63) is 29.7 Å². The van der Waals surface area contributed by atoms with Crippen LogP contribution in [0.15, 0.2) is 22.7 Å². The predicted octanol–water partition coefficient (Wildman–Crippen LogP) is 1.44. The van der Waals surface area contributed by atoms with Gasteiger partial charge in [0, 0.05) is 12.6 Å². The van der Waals surface area contributed by atoms with Crippen LogP contribution in [-0.2, 0) is 17.8 Å². The highest BCUT2D eigenvalue weighted by molar-refractivity contribution is 5.85. The first-order chi connectivity index (χ1) is 8.65. The van der Waals surface area contributed by atoms with E-state index < -0.39 is 0 Å². The van der Waals surface area contributed by atoms with E-state index in [0.717, 1.165) is 18.7 Å². The van der Waals surface area contributed by atoms with Gasteiger partial charge in [-0.2, -0.15) is 0 Å². The Morgan fingerprint density at radius 3 is 3.05 bits per heavy atom. The maximum Gasteiger partial charge on any atom is 0.241 e. The number of aromatic nitrogens is 1. The maximum atomic E-state index is 11.7. The molecule has 1 aromatic rings. The number of amides is 1. The second kappa shape index (κ2) is 7.31. The largest absolute Gasteiger partial charge is 0.359 e. The van der Waals surface area contributed by atoms with Gasteiger partial charge in [-0.05, 0) is 12.3 Å². The zero-order chi connectivity index (χ0) is 13.0. The summed E-state index contributed by atoms with van der Waals surface area (Å²) in [4.78, 5) is 11.7. The fourth-order valence-electron chi connectivity index (χ4n) is 1.89. The topological polar surface area (TPSA) is 67.2 Å². The SMILES string of the molecule is CC(C)Cc1cc(CNC(=O)C2C=CCN2)on1.Cl. The van der Waals surface area contributed by atoms with E-state index >= 15 is 0 Å². The standard InChI is InChI=1S/C13H19N3O2.ClH/c1-9(2)6-10-7-11(18-16-10)8-15-13(17)12-4-3-5-14-12;/h3-4,7,9,12,14H,5-6,8H2,1-2H3,(H,15,17);1H. The normalized spacial score (nSPS) is 17.5. The lowest BCUT2D eigenvalue weighted by atomic mass is 10.1. The molecule has 2 rings (SSSR count). The molecule has 0 radical (unpaired) electrons. The minimum absolute atomic E-state index is 0. The Morgan fingerprint density at radius 2 is 2.42 bits per heavy atom. The Bertz CT molecular complexity index is 443. The van der Waals surface area contributed by atoms with Crippen LogP contribution in [0.1, 0.15) is 25.3 Å². The van der Waals surface area contributed by atoms with E-state index in [1.54, 1.807) is 0 Å². The van der Waals surface area contributed by atoms with Crippen LogP contribution < -0.4 is 10.6 Å². The molecule has 2 heterocycles. The lowest BCUT2D eigenvalue weighted by Crippen LogP contribution is -2.40. The van der Waals surface area contributed by atoms with Crippen LogP contribution in [0.2, 0.25) is 0 Å². The summed E-state index contributed by atoms with van der Waals surface area (Å²) in [5.41, 5.74) is 0.938. The first kappa shape index (κ1) is 15.7. The summed E-state index contributed by atoms with van der Waals surface area (Å²) in [5, 5.41) is 9.85. The lowest BCUT2D eigenvalue weighted by Gasteiger charge is -2.08. The summed E-state index contributed by atoms with van der Waals surface area (Å²) >= 11 is 0. The van der Waals surface area contributed by atoms with Crippen LogP contribution in [0.5, 0.6) is 0 Å². The second-order valence-electron chi connectivity index (χ2n) is 4.91. The summed E-state index contributed by atoms with van der Waals surface area (Å²) in [7, 11) is 0. The van der Waals surface area contributed by atoms with Crippen LogP contribution in [0.25, 0.3) is 0 Å². The van der Waals surface area contributed by atoms with Crippen molar-refractivity contribution in [3.8, 4) is 0 Å². The molecule has 0 aliphatic carbocycles. The van der Waals surface area contributed by atoms with E-state index in [-0.39, 0.29) is 24.4 Å². The monoisotopic (exact) mass is 285 g/mol. The van der Waals surface area contributed by atoms with Gasteiger partial charge in [-0.1, -0.05) is 31.2 Å². The van der Waals surface area contributed by atoms with Gasteiger partial charge in [-0.15, -0.1) is 12.4 Å². The van der Waals surface area contributed by atoms with E-state index in [1.807, 2.05) is 18.2 Å². The minimum atomic E-state index is -0.219. The van der Waals surface area contributed by atoms with Gasteiger partial charge >= 0.3 is 0 Å².